The summed E-state index contributed by atoms with van der Waals surface area (Å²) in [7, 11) is 0. The molecule has 0 spiro atoms. The van der Waals surface area contributed by atoms with E-state index in [-0.39, 0.29) is 24.2 Å². The van der Waals surface area contributed by atoms with E-state index in [0.717, 1.165) is 6.42 Å². The third-order valence-electron chi connectivity index (χ3n) is 2.33. The van der Waals surface area contributed by atoms with Crippen LogP contribution in [-0.4, -0.2) is 30.2 Å². The van der Waals surface area contributed by atoms with Gasteiger partial charge >= 0.3 is 0 Å². The van der Waals surface area contributed by atoms with Crippen LogP contribution in [0, 0.1) is 5.92 Å². The second-order valence-corrected chi connectivity index (χ2v) is 4.36. The predicted octanol–water partition coefficient (Wildman–Crippen LogP) is 0.496. The lowest BCUT2D eigenvalue weighted by atomic mass is 9.99. The van der Waals surface area contributed by atoms with Gasteiger partial charge in [0.25, 0.3) is 0 Å². The van der Waals surface area contributed by atoms with Crippen molar-refractivity contribution in [2.45, 2.75) is 46.2 Å². The molecule has 15 heavy (non-hydrogen) atoms. The molecule has 0 aromatic heterocycles. The Balaban J connectivity index is 4.38. The van der Waals surface area contributed by atoms with Gasteiger partial charge in [-0.15, -0.1) is 0 Å². The van der Waals surface area contributed by atoms with Crippen molar-refractivity contribution in [3.05, 3.63) is 0 Å². The van der Waals surface area contributed by atoms with Gasteiger partial charge < -0.3 is 5.73 Å². The molecule has 0 aliphatic heterocycles. The molecule has 0 saturated heterocycles. The van der Waals surface area contributed by atoms with Crippen LogP contribution < -0.4 is 11.1 Å². The van der Waals surface area contributed by atoms with Crippen LogP contribution in [0.25, 0.3) is 0 Å². The third kappa shape index (κ3) is 5.64. The smallest absolute Gasteiger partial charge is 0.147 e. The fourth-order valence-corrected chi connectivity index (χ4v) is 1.42. The molecule has 0 amide bonds. The van der Waals surface area contributed by atoms with Crippen LogP contribution in [0.4, 0.5) is 0 Å². The zero-order valence-electron chi connectivity index (χ0n) is 10.0. The second kappa shape index (κ2) is 6.69. The average Bonchev–Trinajstić information content (AvgIpc) is 2.10. The third-order valence-corrected chi connectivity index (χ3v) is 2.33. The highest BCUT2D eigenvalue weighted by atomic mass is 16.1. The van der Waals surface area contributed by atoms with Crippen molar-refractivity contribution in [3.8, 4) is 0 Å². The summed E-state index contributed by atoms with van der Waals surface area (Å²) in [6.07, 6.45) is 0.735. The molecule has 0 bridgehead atoms. The number of hydrogen-bond acceptors (Lipinski definition) is 4. The lowest BCUT2D eigenvalue weighted by Gasteiger charge is -2.22. The standard InChI is InChI=1S/C11H22N2O2/c1-7(2)5-10(8(3)14)13-11(6-12)9(4)15/h7,10-11,13H,5-6,12H2,1-4H3/t10-,11-/m0/s1. The number of carbonyl (C=O) groups excluding carboxylic acids is 2. The van der Waals surface area contributed by atoms with Gasteiger partial charge in [-0.1, -0.05) is 13.8 Å². The molecular formula is C11H22N2O2. The Hall–Kier alpha value is -0.740. The van der Waals surface area contributed by atoms with Gasteiger partial charge in [0.05, 0.1) is 12.1 Å². The molecular weight excluding hydrogens is 192 g/mol. The largest absolute Gasteiger partial charge is 0.328 e. The van der Waals surface area contributed by atoms with E-state index in [2.05, 4.69) is 5.32 Å². The van der Waals surface area contributed by atoms with E-state index in [1.165, 1.54) is 13.8 Å². The Bertz CT molecular complexity index is 227. The minimum atomic E-state index is -0.405. The summed E-state index contributed by atoms with van der Waals surface area (Å²) in [4.78, 5) is 22.5. The van der Waals surface area contributed by atoms with E-state index in [1.54, 1.807) is 0 Å². The van der Waals surface area contributed by atoms with Crippen molar-refractivity contribution >= 4 is 11.6 Å². The predicted molar refractivity (Wildman–Crippen MR) is 60.6 cm³/mol. The average molecular weight is 214 g/mol. The second-order valence-electron chi connectivity index (χ2n) is 4.36. The van der Waals surface area contributed by atoms with Gasteiger partial charge in [-0.3, -0.25) is 14.9 Å². The number of nitrogens with one attached hydrogen (secondary N) is 1. The van der Waals surface area contributed by atoms with Crippen LogP contribution >= 0.6 is 0 Å². The van der Waals surface area contributed by atoms with E-state index >= 15 is 0 Å². The first-order chi connectivity index (χ1) is 6.88. The Labute approximate surface area is 91.6 Å². The molecule has 0 aliphatic carbocycles. The van der Waals surface area contributed by atoms with Gasteiger partial charge in [0, 0.05) is 6.54 Å². The Morgan fingerprint density at radius 2 is 1.60 bits per heavy atom. The van der Waals surface area contributed by atoms with Crippen molar-refractivity contribution in [1.82, 2.24) is 5.32 Å². The minimum absolute atomic E-state index is 0.0208. The van der Waals surface area contributed by atoms with E-state index in [0.29, 0.717) is 5.92 Å². The van der Waals surface area contributed by atoms with E-state index in [9.17, 15) is 9.59 Å². The molecule has 0 aliphatic rings. The van der Waals surface area contributed by atoms with Crippen LogP contribution in [0.15, 0.2) is 0 Å². The zero-order chi connectivity index (χ0) is 12.0. The first-order valence-electron chi connectivity index (χ1n) is 5.35. The first-order valence-corrected chi connectivity index (χ1v) is 5.35. The maximum Gasteiger partial charge on any atom is 0.147 e. The molecule has 4 heteroatoms. The summed E-state index contributed by atoms with van der Waals surface area (Å²) in [6.45, 7) is 7.34. The highest BCUT2D eigenvalue weighted by Crippen LogP contribution is 2.06. The number of nitrogens with two attached hydrogens (primary N) is 1. The van der Waals surface area contributed by atoms with Crippen molar-refractivity contribution < 1.29 is 9.59 Å². The molecule has 0 heterocycles. The van der Waals surface area contributed by atoms with Crippen molar-refractivity contribution in [1.29, 1.82) is 0 Å². The number of carbonyl (C=O) groups is 2. The molecule has 0 rings (SSSR count). The normalized spacial score (nSPS) is 15.1. The Kier molecular flexibility index (Phi) is 6.36. The summed E-state index contributed by atoms with van der Waals surface area (Å²) in [5.74, 6) is 0.452. The summed E-state index contributed by atoms with van der Waals surface area (Å²) in [5.41, 5.74) is 5.46. The molecule has 0 aromatic rings. The van der Waals surface area contributed by atoms with Gasteiger partial charge in [0.2, 0.25) is 0 Å². The molecule has 88 valence electrons. The van der Waals surface area contributed by atoms with E-state index < -0.39 is 6.04 Å². The van der Waals surface area contributed by atoms with Crippen LogP contribution in [0.3, 0.4) is 0 Å². The Morgan fingerprint density at radius 1 is 1.13 bits per heavy atom. The van der Waals surface area contributed by atoms with Crippen LogP contribution in [0.2, 0.25) is 0 Å². The van der Waals surface area contributed by atoms with Crippen molar-refractivity contribution in [3.63, 3.8) is 0 Å². The van der Waals surface area contributed by atoms with Crippen LogP contribution in [0.5, 0.6) is 0 Å². The number of rotatable bonds is 7. The lowest BCUT2D eigenvalue weighted by molar-refractivity contribution is -0.121. The number of ketones is 2. The van der Waals surface area contributed by atoms with Crippen LogP contribution in [-0.2, 0) is 9.59 Å². The summed E-state index contributed by atoms with van der Waals surface area (Å²) in [6, 6.07) is -0.667. The molecule has 3 N–H and O–H groups in total. The van der Waals surface area contributed by atoms with Gasteiger partial charge in [-0.2, -0.15) is 0 Å². The maximum absolute atomic E-state index is 11.3. The van der Waals surface area contributed by atoms with Gasteiger partial charge in [-0.25, -0.2) is 0 Å². The minimum Gasteiger partial charge on any atom is -0.328 e. The Morgan fingerprint density at radius 3 is 1.87 bits per heavy atom. The summed E-state index contributed by atoms with van der Waals surface area (Å²) < 4.78 is 0. The SMILES string of the molecule is CC(=O)[C@H](CN)N[C@@H](CC(C)C)C(C)=O. The zero-order valence-corrected chi connectivity index (χ0v) is 10.0. The molecule has 0 saturated carbocycles. The molecule has 2 atom stereocenters. The molecule has 0 radical (unpaired) electrons. The highest BCUT2D eigenvalue weighted by molar-refractivity contribution is 5.85. The van der Waals surface area contributed by atoms with Gasteiger partial charge in [0.15, 0.2) is 0 Å². The first kappa shape index (κ1) is 14.3. The molecule has 0 aromatic carbocycles. The highest BCUT2D eigenvalue weighted by Gasteiger charge is 2.21. The quantitative estimate of drug-likeness (QED) is 0.647. The number of Topliss-reactive ketones (excluding diaryl/α,β-unsaturated/α-hetero) is 2. The van der Waals surface area contributed by atoms with E-state index in [4.69, 9.17) is 5.73 Å². The van der Waals surface area contributed by atoms with Gasteiger partial charge in [-0.05, 0) is 26.2 Å². The van der Waals surface area contributed by atoms with Crippen molar-refractivity contribution in [2.75, 3.05) is 6.54 Å². The van der Waals surface area contributed by atoms with Crippen molar-refractivity contribution in [2.24, 2.45) is 11.7 Å². The maximum atomic E-state index is 11.3. The summed E-state index contributed by atoms with van der Waals surface area (Å²) >= 11 is 0. The summed E-state index contributed by atoms with van der Waals surface area (Å²) in [5, 5.41) is 3.01. The lowest BCUT2D eigenvalue weighted by Crippen LogP contribution is -2.49. The fraction of sp³-hybridized carbons (Fsp3) is 0.818. The molecule has 4 nitrogen and oxygen atoms in total. The molecule has 0 unspecified atom stereocenters. The number of hydrogen-bond donors (Lipinski definition) is 2. The molecule has 0 fully saturated rings. The van der Waals surface area contributed by atoms with Crippen LogP contribution in [0.1, 0.15) is 34.1 Å². The fourth-order valence-electron chi connectivity index (χ4n) is 1.42. The monoisotopic (exact) mass is 214 g/mol. The van der Waals surface area contributed by atoms with Gasteiger partial charge in [0.1, 0.15) is 11.6 Å². The topological polar surface area (TPSA) is 72.2 Å². The van der Waals surface area contributed by atoms with E-state index in [1.807, 2.05) is 13.8 Å².